The van der Waals surface area contributed by atoms with Gasteiger partial charge in [-0.15, -0.1) is 0 Å². The minimum Gasteiger partial charge on any atom is -0.374 e. The second-order valence-electron chi connectivity index (χ2n) is 3.13. The van der Waals surface area contributed by atoms with Gasteiger partial charge in [-0.1, -0.05) is 0 Å². The van der Waals surface area contributed by atoms with Crippen molar-refractivity contribution in [2.75, 3.05) is 26.7 Å². The van der Waals surface area contributed by atoms with E-state index in [0.717, 1.165) is 19.7 Å². The van der Waals surface area contributed by atoms with Crippen LogP contribution in [0.2, 0.25) is 0 Å². The van der Waals surface area contributed by atoms with E-state index in [2.05, 4.69) is 17.4 Å². The van der Waals surface area contributed by atoms with Gasteiger partial charge in [0, 0.05) is 19.1 Å². The van der Waals surface area contributed by atoms with Gasteiger partial charge in [0.15, 0.2) is 0 Å². The van der Waals surface area contributed by atoms with Crippen molar-refractivity contribution in [1.29, 1.82) is 0 Å². The topological polar surface area (TPSA) is 50.5 Å². The van der Waals surface area contributed by atoms with E-state index in [1.54, 1.807) is 0 Å². The number of nitrogens with one attached hydrogen (secondary N) is 1. The predicted octanol–water partition coefficient (Wildman–Crippen LogP) is -0.831. The van der Waals surface area contributed by atoms with Crippen LogP contribution in [-0.4, -0.2) is 43.8 Å². The second-order valence-corrected chi connectivity index (χ2v) is 3.13. The molecule has 0 aromatic heterocycles. The Hall–Kier alpha value is -0.160. The summed E-state index contributed by atoms with van der Waals surface area (Å²) in [6.45, 7) is 4.83. The molecule has 2 atom stereocenters. The molecule has 1 aliphatic heterocycles. The summed E-state index contributed by atoms with van der Waals surface area (Å²) < 4.78 is 5.52. The summed E-state index contributed by atoms with van der Waals surface area (Å²) in [6.07, 6.45) is 0.235. The van der Waals surface area contributed by atoms with Gasteiger partial charge in [0.05, 0.1) is 12.7 Å². The lowest BCUT2D eigenvalue weighted by molar-refractivity contribution is -0.0353. The SMILES string of the molecule is CC(NN)C1CN(C)CCO1. The molecule has 11 heavy (non-hydrogen) atoms. The van der Waals surface area contributed by atoms with Crippen molar-refractivity contribution in [2.24, 2.45) is 5.84 Å². The standard InChI is InChI=1S/C7H17N3O/c1-6(9-8)7-5-10(2)3-4-11-7/h6-7,9H,3-5,8H2,1-2H3. The fourth-order valence-electron chi connectivity index (χ4n) is 1.22. The van der Waals surface area contributed by atoms with E-state index in [9.17, 15) is 0 Å². The molecule has 0 aromatic carbocycles. The van der Waals surface area contributed by atoms with E-state index in [1.807, 2.05) is 6.92 Å². The maximum atomic E-state index is 5.52. The maximum absolute atomic E-state index is 5.52. The normalized spacial score (nSPS) is 30.3. The number of ether oxygens (including phenoxy) is 1. The summed E-state index contributed by atoms with van der Waals surface area (Å²) in [7, 11) is 2.10. The highest BCUT2D eigenvalue weighted by molar-refractivity contribution is 4.76. The average Bonchev–Trinajstić information content (AvgIpc) is 2.03. The summed E-state index contributed by atoms with van der Waals surface area (Å²) in [5.41, 5.74) is 2.70. The molecule has 1 aliphatic rings. The molecule has 0 amide bonds. The minimum atomic E-state index is 0.234. The number of nitrogens with zero attached hydrogens (tertiary/aromatic N) is 1. The van der Waals surface area contributed by atoms with Crippen LogP contribution in [0.15, 0.2) is 0 Å². The second kappa shape index (κ2) is 4.01. The van der Waals surface area contributed by atoms with Gasteiger partial charge in [-0.2, -0.15) is 0 Å². The van der Waals surface area contributed by atoms with E-state index in [1.165, 1.54) is 0 Å². The maximum Gasteiger partial charge on any atom is 0.0865 e. The number of hydrogen-bond donors (Lipinski definition) is 2. The highest BCUT2D eigenvalue weighted by Gasteiger charge is 2.22. The first-order chi connectivity index (χ1) is 5.24. The third-order valence-electron chi connectivity index (χ3n) is 2.12. The van der Waals surface area contributed by atoms with E-state index < -0.39 is 0 Å². The van der Waals surface area contributed by atoms with Crippen molar-refractivity contribution in [3.05, 3.63) is 0 Å². The molecule has 1 fully saturated rings. The highest BCUT2D eigenvalue weighted by Crippen LogP contribution is 2.05. The van der Waals surface area contributed by atoms with Crippen molar-refractivity contribution in [1.82, 2.24) is 10.3 Å². The smallest absolute Gasteiger partial charge is 0.0865 e. The van der Waals surface area contributed by atoms with E-state index in [-0.39, 0.29) is 12.1 Å². The third kappa shape index (κ3) is 2.41. The van der Waals surface area contributed by atoms with E-state index in [0.29, 0.717) is 0 Å². The van der Waals surface area contributed by atoms with Crippen LogP contribution in [0.25, 0.3) is 0 Å². The van der Waals surface area contributed by atoms with Gasteiger partial charge in [-0.05, 0) is 14.0 Å². The van der Waals surface area contributed by atoms with Crippen LogP contribution in [0.5, 0.6) is 0 Å². The zero-order valence-electron chi connectivity index (χ0n) is 7.21. The van der Waals surface area contributed by atoms with Crippen molar-refractivity contribution >= 4 is 0 Å². The highest BCUT2D eigenvalue weighted by atomic mass is 16.5. The molecule has 3 N–H and O–H groups in total. The first-order valence-corrected chi connectivity index (χ1v) is 4.00. The fraction of sp³-hybridized carbons (Fsp3) is 1.00. The lowest BCUT2D eigenvalue weighted by atomic mass is 10.1. The first kappa shape index (κ1) is 8.93. The Morgan fingerprint density at radius 3 is 3.00 bits per heavy atom. The van der Waals surface area contributed by atoms with Crippen LogP contribution in [0.3, 0.4) is 0 Å². The molecule has 0 aliphatic carbocycles. The van der Waals surface area contributed by atoms with Gasteiger partial charge in [-0.3, -0.25) is 11.3 Å². The molecular formula is C7H17N3O. The van der Waals surface area contributed by atoms with Gasteiger partial charge >= 0.3 is 0 Å². The zero-order valence-corrected chi connectivity index (χ0v) is 7.21. The molecular weight excluding hydrogens is 142 g/mol. The van der Waals surface area contributed by atoms with E-state index in [4.69, 9.17) is 10.6 Å². The summed E-state index contributed by atoms with van der Waals surface area (Å²) in [4.78, 5) is 2.25. The molecule has 0 bridgehead atoms. The molecule has 1 rings (SSSR count). The average molecular weight is 159 g/mol. The van der Waals surface area contributed by atoms with Crippen molar-refractivity contribution < 1.29 is 4.74 Å². The van der Waals surface area contributed by atoms with Gasteiger partial charge in [-0.25, -0.2) is 0 Å². The van der Waals surface area contributed by atoms with Crippen LogP contribution < -0.4 is 11.3 Å². The van der Waals surface area contributed by atoms with Crippen molar-refractivity contribution in [2.45, 2.75) is 19.1 Å². The summed E-state index contributed by atoms with van der Waals surface area (Å²) in [5.74, 6) is 5.30. The van der Waals surface area contributed by atoms with Crippen molar-refractivity contribution in [3.63, 3.8) is 0 Å². The van der Waals surface area contributed by atoms with Gasteiger partial charge in [0.1, 0.15) is 0 Å². The molecule has 2 unspecified atom stereocenters. The molecule has 0 spiro atoms. The lowest BCUT2D eigenvalue weighted by Gasteiger charge is -2.33. The molecule has 0 radical (unpaired) electrons. The monoisotopic (exact) mass is 159 g/mol. The Morgan fingerprint density at radius 2 is 2.45 bits per heavy atom. The fourth-order valence-corrected chi connectivity index (χ4v) is 1.22. The number of nitrogens with two attached hydrogens (primary N) is 1. The van der Waals surface area contributed by atoms with E-state index >= 15 is 0 Å². The molecule has 4 nitrogen and oxygen atoms in total. The third-order valence-corrected chi connectivity index (χ3v) is 2.12. The van der Waals surface area contributed by atoms with Gasteiger partial charge < -0.3 is 9.64 Å². The summed E-state index contributed by atoms with van der Waals surface area (Å²) >= 11 is 0. The van der Waals surface area contributed by atoms with Crippen LogP contribution in [0, 0.1) is 0 Å². The number of hydrogen-bond acceptors (Lipinski definition) is 4. The summed E-state index contributed by atoms with van der Waals surface area (Å²) in [5, 5.41) is 0. The van der Waals surface area contributed by atoms with Gasteiger partial charge in [0.2, 0.25) is 0 Å². The first-order valence-electron chi connectivity index (χ1n) is 4.00. The molecule has 1 heterocycles. The predicted molar refractivity (Wildman–Crippen MR) is 44.0 cm³/mol. The Balaban J connectivity index is 2.33. The minimum absolute atomic E-state index is 0.234. The van der Waals surface area contributed by atoms with Gasteiger partial charge in [0.25, 0.3) is 0 Å². The Kier molecular flexibility index (Phi) is 3.26. The summed E-state index contributed by atoms with van der Waals surface area (Å²) in [6, 6.07) is 0.234. The Bertz CT molecular complexity index is 120. The molecule has 1 saturated heterocycles. The molecule has 4 heteroatoms. The van der Waals surface area contributed by atoms with Crippen LogP contribution in [0.4, 0.5) is 0 Å². The van der Waals surface area contributed by atoms with Crippen LogP contribution in [-0.2, 0) is 4.74 Å². The largest absolute Gasteiger partial charge is 0.374 e. The Morgan fingerprint density at radius 1 is 1.73 bits per heavy atom. The zero-order chi connectivity index (χ0) is 8.27. The Labute approximate surface area is 67.7 Å². The number of rotatable bonds is 2. The quantitative estimate of drug-likeness (QED) is 0.408. The van der Waals surface area contributed by atoms with Crippen molar-refractivity contribution in [3.8, 4) is 0 Å². The van der Waals surface area contributed by atoms with Crippen LogP contribution in [0.1, 0.15) is 6.92 Å². The van der Waals surface area contributed by atoms with Crippen LogP contribution >= 0.6 is 0 Å². The molecule has 0 aromatic rings. The number of hydrazine groups is 1. The molecule has 66 valence electrons. The number of likely N-dealkylation sites (N-methyl/N-ethyl adjacent to an activating group) is 1. The molecule has 0 saturated carbocycles. The number of morpholine rings is 1. The lowest BCUT2D eigenvalue weighted by Crippen LogP contribution is -2.51.